The molecule has 148 valence electrons. The van der Waals surface area contributed by atoms with Gasteiger partial charge >= 0.3 is 0 Å². The molecule has 0 aromatic heterocycles. The van der Waals surface area contributed by atoms with E-state index in [1.165, 1.54) is 0 Å². The van der Waals surface area contributed by atoms with Crippen molar-refractivity contribution in [1.29, 1.82) is 5.26 Å². The molecule has 2 fully saturated rings. The van der Waals surface area contributed by atoms with Crippen molar-refractivity contribution in [3.8, 4) is 6.07 Å². The van der Waals surface area contributed by atoms with Gasteiger partial charge in [-0.3, -0.25) is 14.7 Å². The van der Waals surface area contributed by atoms with E-state index in [0.717, 1.165) is 37.9 Å². The van der Waals surface area contributed by atoms with E-state index in [1.807, 2.05) is 44.0 Å². The fourth-order valence-electron chi connectivity index (χ4n) is 4.50. The van der Waals surface area contributed by atoms with E-state index in [9.17, 15) is 10.1 Å². The molecule has 0 unspecified atom stereocenters. The van der Waals surface area contributed by atoms with E-state index in [4.69, 9.17) is 0 Å². The Morgan fingerprint density at radius 3 is 2.52 bits per heavy atom. The second-order valence-electron chi connectivity index (χ2n) is 9.10. The second-order valence-corrected chi connectivity index (χ2v) is 9.10. The third kappa shape index (κ3) is 4.50. The minimum absolute atomic E-state index is 0.0371. The average molecular weight is 371 g/mol. The van der Waals surface area contributed by atoms with Gasteiger partial charge in [0.05, 0.1) is 22.7 Å². The summed E-state index contributed by atoms with van der Waals surface area (Å²) in [4.78, 5) is 21.3. The van der Waals surface area contributed by atoms with E-state index >= 15 is 0 Å². The molecule has 1 aliphatic carbocycles. The van der Waals surface area contributed by atoms with Crippen LogP contribution in [0.2, 0.25) is 0 Å². The number of nitrogens with zero attached hydrogens (tertiary/aromatic N) is 4. The topological polar surface area (TPSA) is 59.7 Å². The first-order valence-electron chi connectivity index (χ1n) is 9.81. The number of allylic oxidation sites excluding steroid dienone is 2. The van der Waals surface area contributed by atoms with Crippen LogP contribution in [-0.4, -0.2) is 54.6 Å². The predicted octanol–water partition coefficient (Wildman–Crippen LogP) is 3.79. The quantitative estimate of drug-likeness (QED) is 0.668. The number of carbonyl (C=O) groups excluding carboxylic acids is 1. The predicted molar refractivity (Wildman–Crippen MR) is 110 cm³/mol. The summed E-state index contributed by atoms with van der Waals surface area (Å²) in [5.74, 6) is 0.195. The summed E-state index contributed by atoms with van der Waals surface area (Å²) in [5.41, 5.74) is 0.285. The minimum Gasteiger partial charge on any atom is -0.341 e. The zero-order valence-corrected chi connectivity index (χ0v) is 17.6. The highest BCUT2D eigenvalue weighted by Gasteiger charge is 2.51. The molecule has 2 rings (SSSR count). The number of hydrogen-bond donors (Lipinski definition) is 0. The van der Waals surface area contributed by atoms with Gasteiger partial charge in [0.15, 0.2) is 0 Å². The van der Waals surface area contributed by atoms with Gasteiger partial charge in [-0.25, -0.2) is 0 Å². The molecule has 0 aromatic rings. The Hall–Kier alpha value is -1.93. The van der Waals surface area contributed by atoms with Gasteiger partial charge < -0.3 is 4.90 Å². The molecular weight excluding hydrogens is 336 g/mol. The number of carbonyl (C=O) groups is 1. The fraction of sp³-hybridized carbons (Fsp3) is 0.682. The highest BCUT2D eigenvalue weighted by Crippen LogP contribution is 2.50. The van der Waals surface area contributed by atoms with Gasteiger partial charge in [0.1, 0.15) is 0 Å². The van der Waals surface area contributed by atoms with Gasteiger partial charge in [-0.05, 0) is 72.0 Å². The molecule has 2 aliphatic rings. The molecule has 0 aromatic carbocycles. The summed E-state index contributed by atoms with van der Waals surface area (Å²) < 4.78 is 0. The zero-order valence-electron chi connectivity index (χ0n) is 17.6. The van der Waals surface area contributed by atoms with E-state index in [0.29, 0.717) is 13.0 Å². The van der Waals surface area contributed by atoms with Gasteiger partial charge in [0.2, 0.25) is 5.91 Å². The SMILES string of the molecule is C=C(/N=C\C=C/C)[C@]1(N(C)C)CC[C@@]2(CC1)CC(=O)N(CC(C)(C)C#N)C2. The number of rotatable bonds is 6. The summed E-state index contributed by atoms with van der Waals surface area (Å²) in [6.45, 7) is 11.3. The Morgan fingerprint density at radius 1 is 1.37 bits per heavy atom. The minimum atomic E-state index is -0.501. The van der Waals surface area contributed by atoms with Crippen molar-refractivity contribution in [3.05, 3.63) is 24.4 Å². The first-order valence-corrected chi connectivity index (χ1v) is 9.81. The lowest BCUT2D eigenvalue weighted by Crippen LogP contribution is -2.50. The van der Waals surface area contributed by atoms with E-state index in [2.05, 4.69) is 36.6 Å². The maximum absolute atomic E-state index is 12.6. The molecule has 5 nitrogen and oxygen atoms in total. The molecule has 0 radical (unpaired) electrons. The molecule has 27 heavy (non-hydrogen) atoms. The first kappa shape index (κ1) is 21.4. The van der Waals surface area contributed by atoms with E-state index in [-0.39, 0.29) is 16.9 Å². The van der Waals surface area contributed by atoms with E-state index in [1.54, 1.807) is 0 Å². The molecule has 1 heterocycles. The molecular formula is C22H34N4O. The Labute approximate surface area is 164 Å². The van der Waals surface area contributed by atoms with Crippen LogP contribution in [-0.2, 0) is 4.79 Å². The number of hydrogen-bond acceptors (Lipinski definition) is 4. The maximum Gasteiger partial charge on any atom is 0.223 e. The molecule has 1 saturated heterocycles. The lowest BCUT2D eigenvalue weighted by molar-refractivity contribution is -0.128. The van der Waals surface area contributed by atoms with Crippen molar-refractivity contribution in [3.63, 3.8) is 0 Å². The molecule has 1 spiro atoms. The summed E-state index contributed by atoms with van der Waals surface area (Å²) in [5, 5.41) is 9.30. The zero-order chi connectivity index (χ0) is 20.3. The van der Waals surface area contributed by atoms with Crippen molar-refractivity contribution in [2.75, 3.05) is 27.2 Å². The van der Waals surface area contributed by atoms with Crippen molar-refractivity contribution >= 4 is 12.1 Å². The molecule has 1 amide bonds. The fourth-order valence-corrected chi connectivity index (χ4v) is 4.50. The summed E-state index contributed by atoms with van der Waals surface area (Å²) in [6.07, 6.45) is 10.2. The first-order chi connectivity index (χ1) is 12.6. The second kappa shape index (κ2) is 7.98. The summed E-state index contributed by atoms with van der Waals surface area (Å²) >= 11 is 0. The van der Waals surface area contributed by atoms with Crippen LogP contribution in [0.1, 0.15) is 52.9 Å². The van der Waals surface area contributed by atoms with E-state index < -0.39 is 5.41 Å². The van der Waals surface area contributed by atoms with Crippen molar-refractivity contribution in [2.24, 2.45) is 15.8 Å². The van der Waals surface area contributed by atoms with Gasteiger partial charge in [-0.1, -0.05) is 12.7 Å². The Balaban J connectivity index is 2.11. The highest BCUT2D eigenvalue weighted by atomic mass is 16.2. The van der Waals surface area contributed by atoms with Crippen molar-refractivity contribution in [1.82, 2.24) is 9.80 Å². The maximum atomic E-state index is 12.6. The van der Waals surface area contributed by atoms with Crippen LogP contribution in [0.25, 0.3) is 0 Å². The number of nitriles is 1. The third-order valence-electron chi connectivity index (χ3n) is 6.33. The number of likely N-dealkylation sites (tertiary alicyclic amines) is 1. The molecule has 1 aliphatic heterocycles. The van der Waals surface area contributed by atoms with Crippen LogP contribution < -0.4 is 0 Å². The Bertz CT molecular complexity index is 673. The van der Waals surface area contributed by atoms with Gasteiger partial charge in [-0.2, -0.15) is 5.26 Å². The third-order valence-corrected chi connectivity index (χ3v) is 6.33. The Morgan fingerprint density at radius 2 is 2.00 bits per heavy atom. The molecule has 0 bridgehead atoms. The van der Waals surface area contributed by atoms with Crippen LogP contribution in [0.15, 0.2) is 29.4 Å². The monoisotopic (exact) mass is 370 g/mol. The smallest absolute Gasteiger partial charge is 0.223 e. The standard InChI is InChI=1S/C22H34N4O/c1-7-8-13-24-18(2)22(25(5)6)11-9-21(10-12-22)14-19(27)26(17-21)16-20(3,4)15-23/h7-8,13H,2,9-12,14,16-17H2,1,3-6H3/b8-7-,24-13-/t21-,22+. The lowest BCUT2D eigenvalue weighted by Gasteiger charge is -2.48. The molecule has 1 saturated carbocycles. The largest absolute Gasteiger partial charge is 0.341 e. The normalized spacial score (nSPS) is 29.4. The highest BCUT2D eigenvalue weighted by molar-refractivity contribution is 5.79. The van der Waals surface area contributed by atoms with Crippen LogP contribution in [0.5, 0.6) is 0 Å². The lowest BCUT2D eigenvalue weighted by atomic mass is 9.65. The molecule has 0 N–H and O–H groups in total. The van der Waals surface area contributed by atoms with Crippen LogP contribution in [0.3, 0.4) is 0 Å². The Kier molecular flexibility index (Phi) is 6.32. The van der Waals surface area contributed by atoms with Gasteiger partial charge in [0.25, 0.3) is 0 Å². The van der Waals surface area contributed by atoms with Crippen molar-refractivity contribution < 1.29 is 4.79 Å². The van der Waals surface area contributed by atoms with Crippen molar-refractivity contribution in [2.45, 2.75) is 58.4 Å². The number of aliphatic imine (C=N–C) groups is 1. The number of amides is 1. The summed E-state index contributed by atoms with van der Waals surface area (Å²) in [7, 11) is 4.19. The van der Waals surface area contributed by atoms with Crippen LogP contribution in [0.4, 0.5) is 0 Å². The van der Waals surface area contributed by atoms with Crippen LogP contribution >= 0.6 is 0 Å². The molecule has 0 atom stereocenters. The average Bonchev–Trinajstić information content (AvgIpc) is 2.90. The molecule has 5 heteroatoms. The summed E-state index contributed by atoms with van der Waals surface area (Å²) in [6, 6.07) is 2.31. The number of likely N-dealkylation sites (N-methyl/N-ethyl adjacent to an activating group) is 1. The van der Waals surface area contributed by atoms with Gasteiger partial charge in [0, 0.05) is 25.7 Å². The van der Waals surface area contributed by atoms with Crippen LogP contribution in [0, 0.1) is 22.2 Å². The van der Waals surface area contributed by atoms with Gasteiger partial charge in [-0.15, -0.1) is 0 Å².